The van der Waals surface area contributed by atoms with Crippen LogP contribution in [0.1, 0.15) is 36.2 Å². The van der Waals surface area contributed by atoms with E-state index in [1.54, 1.807) is 6.07 Å². The fourth-order valence-corrected chi connectivity index (χ4v) is 2.95. The van der Waals surface area contributed by atoms with Gasteiger partial charge in [-0.15, -0.1) is 0 Å². The minimum atomic E-state index is -0.135. The summed E-state index contributed by atoms with van der Waals surface area (Å²) in [7, 11) is 0. The zero-order valence-corrected chi connectivity index (χ0v) is 11.9. The first-order chi connectivity index (χ1) is 10.3. The van der Waals surface area contributed by atoms with E-state index in [4.69, 9.17) is 5.84 Å². The van der Waals surface area contributed by atoms with E-state index in [9.17, 15) is 4.79 Å². The highest BCUT2D eigenvalue weighted by atomic mass is 16.1. The Hall–Kier alpha value is -2.14. The van der Waals surface area contributed by atoms with Crippen molar-refractivity contribution in [3.8, 4) is 0 Å². The molecule has 0 atom stereocenters. The molecular formula is C16H20N4O. The Morgan fingerprint density at radius 3 is 2.81 bits per heavy atom. The van der Waals surface area contributed by atoms with Crippen molar-refractivity contribution in [1.29, 1.82) is 0 Å². The van der Waals surface area contributed by atoms with Gasteiger partial charge in [-0.05, 0) is 30.9 Å². The maximum atomic E-state index is 12.3. The highest BCUT2D eigenvalue weighted by molar-refractivity contribution is 5.99. The van der Waals surface area contributed by atoms with Crippen LogP contribution in [-0.2, 0) is 0 Å². The Labute approximate surface area is 123 Å². The van der Waals surface area contributed by atoms with E-state index in [0.29, 0.717) is 17.3 Å². The Morgan fingerprint density at radius 1 is 1.29 bits per heavy atom. The quantitative estimate of drug-likeness (QED) is 0.595. The fourth-order valence-electron chi connectivity index (χ4n) is 2.95. The minimum Gasteiger partial charge on any atom is -0.350 e. The van der Waals surface area contributed by atoms with Gasteiger partial charge in [-0.2, -0.15) is 0 Å². The van der Waals surface area contributed by atoms with E-state index in [0.717, 1.165) is 17.4 Å². The normalized spacial score (nSPS) is 15.3. The third-order valence-electron chi connectivity index (χ3n) is 4.13. The fraction of sp³-hybridized carbons (Fsp3) is 0.375. The van der Waals surface area contributed by atoms with Crippen molar-refractivity contribution in [2.24, 2.45) is 11.8 Å². The highest BCUT2D eigenvalue weighted by Gasteiger charge is 2.17. The van der Waals surface area contributed by atoms with Crippen LogP contribution in [0.3, 0.4) is 0 Å². The summed E-state index contributed by atoms with van der Waals surface area (Å²) in [5.74, 6) is 6.03. The molecule has 5 nitrogen and oxygen atoms in total. The zero-order chi connectivity index (χ0) is 14.7. The number of carbonyl (C=O) groups excluding carboxylic acids is 1. The molecule has 0 radical (unpaired) electrons. The van der Waals surface area contributed by atoms with Gasteiger partial charge >= 0.3 is 0 Å². The number of nitrogens with one attached hydrogen (secondary N) is 2. The molecule has 1 aromatic heterocycles. The molecule has 0 spiro atoms. The number of nitrogen functional groups attached to an aromatic ring is 1. The van der Waals surface area contributed by atoms with Crippen molar-refractivity contribution in [2.45, 2.75) is 25.7 Å². The van der Waals surface area contributed by atoms with Gasteiger partial charge in [-0.3, -0.25) is 10.6 Å². The number of benzene rings is 1. The van der Waals surface area contributed by atoms with Crippen molar-refractivity contribution >= 4 is 22.5 Å². The number of fused-ring (bicyclic) bond motifs is 1. The molecule has 1 aromatic carbocycles. The SMILES string of the molecule is NNc1cc(C(=O)NCC2CCCC2)nc2ccccc12. The summed E-state index contributed by atoms with van der Waals surface area (Å²) in [6, 6.07) is 9.33. The molecule has 1 saturated carbocycles. The Morgan fingerprint density at radius 2 is 2.05 bits per heavy atom. The molecule has 1 aliphatic rings. The summed E-state index contributed by atoms with van der Waals surface area (Å²) < 4.78 is 0. The highest BCUT2D eigenvalue weighted by Crippen LogP contribution is 2.24. The minimum absolute atomic E-state index is 0.135. The van der Waals surface area contributed by atoms with Crippen LogP contribution in [-0.4, -0.2) is 17.4 Å². The summed E-state index contributed by atoms with van der Waals surface area (Å²) in [5, 5.41) is 3.90. The molecule has 0 saturated heterocycles. The number of hydrazine groups is 1. The van der Waals surface area contributed by atoms with Gasteiger partial charge in [0, 0.05) is 11.9 Å². The summed E-state index contributed by atoms with van der Waals surface area (Å²) in [5.41, 5.74) is 4.52. The molecule has 21 heavy (non-hydrogen) atoms. The molecular weight excluding hydrogens is 264 g/mol. The van der Waals surface area contributed by atoms with Crippen molar-refractivity contribution < 1.29 is 4.79 Å². The van der Waals surface area contributed by atoms with Crippen LogP contribution in [0.25, 0.3) is 10.9 Å². The predicted molar refractivity (Wildman–Crippen MR) is 83.8 cm³/mol. The third kappa shape index (κ3) is 2.97. The number of nitrogens with two attached hydrogens (primary N) is 1. The maximum absolute atomic E-state index is 12.3. The molecule has 1 heterocycles. The summed E-state index contributed by atoms with van der Waals surface area (Å²) in [4.78, 5) is 16.7. The standard InChI is InChI=1S/C16H20N4O/c17-20-14-9-15(19-13-8-4-3-7-12(13)14)16(21)18-10-11-5-1-2-6-11/h3-4,7-9,11H,1-2,5-6,10,17H2,(H,18,21)(H,19,20). The first-order valence-electron chi connectivity index (χ1n) is 7.42. The lowest BCUT2D eigenvalue weighted by Gasteiger charge is -2.12. The smallest absolute Gasteiger partial charge is 0.269 e. The van der Waals surface area contributed by atoms with Crippen LogP contribution >= 0.6 is 0 Å². The first kappa shape index (κ1) is 13.8. The van der Waals surface area contributed by atoms with Gasteiger partial charge in [0.2, 0.25) is 0 Å². The largest absolute Gasteiger partial charge is 0.350 e. The number of rotatable bonds is 4. The van der Waals surface area contributed by atoms with Gasteiger partial charge in [0.05, 0.1) is 11.2 Å². The van der Waals surface area contributed by atoms with Crippen molar-refractivity contribution in [3.05, 3.63) is 36.0 Å². The maximum Gasteiger partial charge on any atom is 0.269 e. The van der Waals surface area contributed by atoms with E-state index in [1.807, 2.05) is 24.3 Å². The van der Waals surface area contributed by atoms with E-state index in [-0.39, 0.29) is 5.91 Å². The van der Waals surface area contributed by atoms with Gasteiger partial charge < -0.3 is 10.7 Å². The second kappa shape index (κ2) is 6.10. The van der Waals surface area contributed by atoms with Gasteiger partial charge in [0.25, 0.3) is 5.91 Å². The summed E-state index contributed by atoms with van der Waals surface area (Å²) in [6.45, 7) is 0.735. The Kier molecular flexibility index (Phi) is 4.01. The Bertz CT molecular complexity index is 650. The average molecular weight is 284 g/mol. The molecule has 4 N–H and O–H groups in total. The number of hydrogen-bond acceptors (Lipinski definition) is 4. The molecule has 0 bridgehead atoms. The topological polar surface area (TPSA) is 80.0 Å². The zero-order valence-electron chi connectivity index (χ0n) is 11.9. The number of hydrogen-bond donors (Lipinski definition) is 3. The molecule has 5 heteroatoms. The number of carbonyl (C=O) groups is 1. The second-order valence-corrected chi connectivity index (χ2v) is 5.58. The summed E-state index contributed by atoms with van der Waals surface area (Å²) >= 11 is 0. The van der Waals surface area contributed by atoms with Crippen LogP contribution in [0.15, 0.2) is 30.3 Å². The average Bonchev–Trinajstić information content (AvgIpc) is 3.04. The number of nitrogens with zero attached hydrogens (tertiary/aromatic N) is 1. The van der Waals surface area contributed by atoms with Crippen molar-refractivity contribution in [2.75, 3.05) is 12.0 Å². The monoisotopic (exact) mass is 284 g/mol. The summed E-state index contributed by atoms with van der Waals surface area (Å²) in [6.07, 6.45) is 4.97. The van der Waals surface area contributed by atoms with Gasteiger partial charge in [0.15, 0.2) is 0 Å². The number of anilines is 1. The lowest BCUT2D eigenvalue weighted by atomic mass is 10.1. The predicted octanol–water partition coefficient (Wildman–Crippen LogP) is 2.44. The van der Waals surface area contributed by atoms with Gasteiger partial charge in [-0.25, -0.2) is 4.98 Å². The van der Waals surface area contributed by atoms with E-state index in [1.165, 1.54) is 25.7 Å². The van der Waals surface area contributed by atoms with Crippen LogP contribution < -0.4 is 16.6 Å². The lowest BCUT2D eigenvalue weighted by Crippen LogP contribution is -2.29. The number of pyridine rings is 1. The molecule has 1 amide bonds. The number of aromatic nitrogens is 1. The molecule has 1 aliphatic carbocycles. The lowest BCUT2D eigenvalue weighted by molar-refractivity contribution is 0.0943. The van der Waals surface area contributed by atoms with Gasteiger partial charge in [0.1, 0.15) is 5.69 Å². The molecule has 1 fully saturated rings. The van der Waals surface area contributed by atoms with Crippen LogP contribution in [0, 0.1) is 5.92 Å². The molecule has 2 aromatic rings. The van der Waals surface area contributed by atoms with Crippen LogP contribution in [0.2, 0.25) is 0 Å². The van der Waals surface area contributed by atoms with Crippen LogP contribution in [0.5, 0.6) is 0 Å². The molecule has 0 unspecified atom stereocenters. The molecule has 0 aliphatic heterocycles. The van der Waals surface area contributed by atoms with Gasteiger partial charge in [-0.1, -0.05) is 31.0 Å². The molecule has 110 valence electrons. The van der Waals surface area contributed by atoms with Crippen LogP contribution in [0.4, 0.5) is 5.69 Å². The number of para-hydroxylation sites is 1. The van der Waals surface area contributed by atoms with Crippen molar-refractivity contribution in [1.82, 2.24) is 10.3 Å². The third-order valence-corrected chi connectivity index (χ3v) is 4.13. The second-order valence-electron chi connectivity index (χ2n) is 5.58. The number of amides is 1. The van der Waals surface area contributed by atoms with E-state index >= 15 is 0 Å². The molecule has 3 rings (SSSR count). The van der Waals surface area contributed by atoms with Crippen molar-refractivity contribution in [3.63, 3.8) is 0 Å². The Balaban J connectivity index is 1.80. The van der Waals surface area contributed by atoms with E-state index < -0.39 is 0 Å². The van der Waals surface area contributed by atoms with E-state index in [2.05, 4.69) is 15.7 Å². The first-order valence-corrected chi connectivity index (χ1v) is 7.42.